The Labute approximate surface area is 91.0 Å². The second-order valence-corrected chi connectivity index (χ2v) is 4.61. The molecule has 1 aromatic carbocycles. The van der Waals surface area contributed by atoms with E-state index in [1.165, 1.54) is 16.7 Å². The van der Waals surface area contributed by atoms with Crippen LogP contribution in [-0.4, -0.2) is 12.6 Å². The summed E-state index contributed by atoms with van der Waals surface area (Å²) in [6, 6.07) is 6.37. The van der Waals surface area contributed by atoms with Crippen LogP contribution in [0.3, 0.4) is 0 Å². The maximum absolute atomic E-state index is 10.1. The molecule has 0 unspecified atom stereocenters. The number of carbonyl (C=O) groups excluding carboxylic acids is 1. The summed E-state index contributed by atoms with van der Waals surface area (Å²) in [4.78, 5) is 13.8. The van der Waals surface area contributed by atoms with Crippen molar-refractivity contribution in [2.24, 2.45) is 4.99 Å². The van der Waals surface area contributed by atoms with Crippen molar-refractivity contribution in [3.8, 4) is 0 Å². The van der Waals surface area contributed by atoms with Gasteiger partial charge in [0.15, 0.2) is 0 Å². The first-order valence-corrected chi connectivity index (χ1v) is 5.09. The number of hydrogen-bond acceptors (Lipinski definition) is 2. The monoisotopic (exact) mass is 203 g/mol. The van der Waals surface area contributed by atoms with Crippen LogP contribution in [0.15, 0.2) is 23.2 Å². The molecule has 0 heterocycles. The Morgan fingerprint density at radius 3 is 2.60 bits per heavy atom. The summed E-state index contributed by atoms with van der Waals surface area (Å²) in [7, 11) is 0. The summed E-state index contributed by atoms with van der Waals surface area (Å²) in [6.45, 7) is 8.83. The number of rotatable bonds is 3. The van der Waals surface area contributed by atoms with Gasteiger partial charge in [-0.25, -0.2) is 9.79 Å². The van der Waals surface area contributed by atoms with Gasteiger partial charge >= 0.3 is 0 Å². The Balaban J connectivity index is 3.12. The second-order valence-electron chi connectivity index (χ2n) is 4.61. The van der Waals surface area contributed by atoms with Crippen LogP contribution in [0.2, 0.25) is 0 Å². The molecule has 0 radical (unpaired) electrons. The van der Waals surface area contributed by atoms with Crippen LogP contribution in [0.4, 0.5) is 0 Å². The number of aryl methyl sites for hydroxylation is 2. The minimum Gasteiger partial charge on any atom is -0.211 e. The van der Waals surface area contributed by atoms with Crippen molar-refractivity contribution in [2.45, 2.75) is 33.1 Å². The molecule has 2 nitrogen and oxygen atoms in total. The highest BCUT2D eigenvalue weighted by Gasteiger charge is 2.22. The van der Waals surface area contributed by atoms with E-state index in [0.29, 0.717) is 6.54 Å². The van der Waals surface area contributed by atoms with E-state index in [2.05, 4.69) is 50.9 Å². The highest BCUT2D eigenvalue weighted by molar-refractivity contribution is 5.38. The maximum atomic E-state index is 10.1. The summed E-state index contributed by atoms with van der Waals surface area (Å²) in [5.74, 6) is 0. The fourth-order valence-corrected chi connectivity index (χ4v) is 1.78. The van der Waals surface area contributed by atoms with Crippen molar-refractivity contribution in [3.05, 3.63) is 34.9 Å². The van der Waals surface area contributed by atoms with Gasteiger partial charge in [-0.3, -0.25) is 0 Å². The molecule has 1 rings (SSSR count). The van der Waals surface area contributed by atoms with E-state index < -0.39 is 0 Å². The van der Waals surface area contributed by atoms with Crippen LogP contribution in [0, 0.1) is 13.8 Å². The van der Waals surface area contributed by atoms with Crippen molar-refractivity contribution in [3.63, 3.8) is 0 Å². The summed E-state index contributed by atoms with van der Waals surface area (Å²) in [5.41, 5.74) is 3.63. The van der Waals surface area contributed by atoms with Gasteiger partial charge in [0.1, 0.15) is 0 Å². The number of hydrogen-bond donors (Lipinski definition) is 0. The van der Waals surface area contributed by atoms with Gasteiger partial charge < -0.3 is 0 Å². The topological polar surface area (TPSA) is 29.4 Å². The average Bonchev–Trinajstić information content (AvgIpc) is 2.18. The lowest BCUT2D eigenvalue weighted by Crippen LogP contribution is -2.22. The first-order chi connectivity index (χ1) is 6.97. The summed E-state index contributed by atoms with van der Waals surface area (Å²) in [5, 5.41) is 0. The molecule has 0 aliphatic heterocycles. The zero-order chi connectivity index (χ0) is 11.5. The molecule has 0 saturated heterocycles. The minimum atomic E-state index is -0.104. The van der Waals surface area contributed by atoms with E-state index in [4.69, 9.17) is 0 Å². The standard InChI is InChI=1S/C13H17NO/c1-10-5-6-11(2)12(7-10)13(3,4)8-14-9-15/h5-7H,8H2,1-4H3. The van der Waals surface area contributed by atoms with Gasteiger partial charge in [0.2, 0.25) is 6.08 Å². The summed E-state index contributed by atoms with van der Waals surface area (Å²) in [6.07, 6.45) is 1.60. The fourth-order valence-electron chi connectivity index (χ4n) is 1.78. The first kappa shape index (κ1) is 11.7. The maximum Gasteiger partial charge on any atom is 0.234 e. The van der Waals surface area contributed by atoms with Crippen molar-refractivity contribution < 1.29 is 4.79 Å². The Hall–Kier alpha value is -1.40. The van der Waals surface area contributed by atoms with Crippen molar-refractivity contribution in [1.29, 1.82) is 0 Å². The second kappa shape index (κ2) is 4.41. The van der Waals surface area contributed by atoms with E-state index in [1.54, 1.807) is 6.08 Å². The molecule has 0 spiro atoms. The molecule has 15 heavy (non-hydrogen) atoms. The van der Waals surface area contributed by atoms with Crippen LogP contribution in [0.1, 0.15) is 30.5 Å². The Morgan fingerprint density at radius 1 is 1.33 bits per heavy atom. The predicted octanol–water partition coefficient (Wildman–Crippen LogP) is 2.92. The fraction of sp³-hybridized carbons (Fsp3) is 0.462. The Kier molecular flexibility index (Phi) is 3.43. The molecule has 80 valence electrons. The quantitative estimate of drug-likeness (QED) is 0.548. The van der Waals surface area contributed by atoms with Crippen molar-refractivity contribution in [2.75, 3.05) is 6.54 Å². The molecule has 0 fully saturated rings. The van der Waals surface area contributed by atoms with Gasteiger partial charge in [-0.15, -0.1) is 0 Å². The molecule has 0 amide bonds. The smallest absolute Gasteiger partial charge is 0.211 e. The van der Waals surface area contributed by atoms with Crippen LogP contribution >= 0.6 is 0 Å². The van der Waals surface area contributed by atoms with Gasteiger partial charge in [-0.1, -0.05) is 37.6 Å². The number of benzene rings is 1. The Bertz CT molecular complexity index is 401. The van der Waals surface area contributed by atoms with Gasteiger partial charge in [0, 0.05) is 5.41 Å². The molecule has 0 saturated carbocycles. The van der Waals surface area contributed by atoms with Gasteiger partial charge in [-0.2, -0.15) is 0 Å². The zero-order valence-electron chi connectivity index (χ0n) is 9.79. The lowest BCUT2D eigenvalue weighted by molar-refractivity contribution is 0.523. The van der Waals surface area contributed by atoms with Crippen LogP contribution in [0.5, 0.6) is 0 Å². The Morgan fingerprint density at radius 2 is 2.00 bits per heavy atom. The first-order valence-electron chi connectivity index (χ1n) is 5.09. The van der Waals surface area contributed by atoms with Gasteiger partial charge in [0.05, 0.1) is 6.54 Å². The lowest BCUT2D eigenvalue weighted by atomic mass is 9.81. The molecule has 0 bridgehead atoms. The third-order valence-corrected chi connectivity index (χ3v) is 2.66. The average molecular weight is 203 g/mol. The number of aliphatic imine (C=N–C) groups is 1. The molecular formula is C13H17NO. The molecule has 0 aromatic heterocycles. The molecular weight excluding hydrogens is 186 g/mol. The normalized spacial score (nSPS) is 10.9. The van der Waals surface area contributed by atoms with E-state index in [-0.39, 0.29) is 5.41 Å². The summed E-state index contributed by atoms with van der Waals surface area (Å²) >= 11 is 0. The zero-order valence-corrected chi connectivity index (χ0v) is 9.79. The third kappa shape index (κ3) is 2.77. The molecule has 1 aromatic rings. The van der Waals surface area contributed by atoms with Crippen LogP contribution < -0.4 is 0 Å². The highest BCUT2D eigenvalue weighted by atomic mass is 16.1. The highest BCUT2D eigenvalue weighted by Crippen LogP contribution is 2.27. The molecule has 0 atom stereocenters. The van der Waals surface area contributed by atoms with E-state index in [1.807, 2.05) is 0 Å². The molecule has 2 heteroatoms. The van der Waals surface area contributed by atoms with E-state index >= 15 is 0 Å². The van der Waals surface area contributed by atoms with Crippen LogP contribution in [0.25, 0.3) is 0 Å². The summed E-state index contributed by atoms with van der Waals surface area (Å²) < 4.78 is 0. The minimum absolute atomic E-state index is 0.104. The lowest BCUT2D eigenvalue weighted by Gasteiger charge is -2.24. The molecule has 0 aliphatic carbocycles. The van der Waals surface area contributed by atoms with Gasteiger partial charge in [-0.05, 0) is 25.0 Å². The largest absolute Gasteiger partial charge is 0.234 e. The van der Waals surface area contributed by atoms with Crippen molar-refractivity contribution >= 4 is 6.08 Å². The number of isocyanates is 1. The van der Waals surface area contributed by atoms with Crippen molar-refractivity contribution in [1.82, 2.24) is 0 Å². The van der Waals surface area contributed by atoms with E-state index in [9.17, 15) is 4.79 Å². The molecule has 0 N–H and O–H groups in total. The van der Waals surface area contributed by atoms with E-state index in [0.717, 1.165) is 0 Å². The SMILES string of the molecule is Cc1ccc(C)c(C(C)(C)CN=C=O)c1. The van der Waals surface area contributed by atoms with Crippen LogP contribution in [-0.2, 0) is 10.2 Å². The third-order valence-electron chi connectivity index (χ3n) is 2.66. The predicted molar refractivity (Wildman–Crippen MR) is 61.9 cm³/mol. The van der Waals surface area contributed by atoms with Gasteiger partial charge in [0.25, 0.3) is 0 Å². The number of nitrogens with zero attached hydrogens (tertiary/aromatic N) is 1. The molecule has 0 aliphatic rings.